The summed E-state index contributed by atoms with van der Waals surface area (Å²) in [5.41, 5.74) is 6.02. The molecule has 2 aliphatic heterocycles. The highest BCUT2D eigenvalue weighted by Gasteiger charge is 2.65. The first-order valence-electron chi connectivity index (χ1n) is 11.0. The van der Waals surface area contributed by atoms with Crippen molar-refractivity contribution in [3.8, 4) is 0 Å². The number of hydrogen-bond donors (Lipinski definition) is 1. The zero-order valence-electron chi connectivity index (χ0n) is 18.2. The molecule has 0 aromatic carbocycles. The van der Waals surface area contributed by atoms with E-state index in [0.717, 1.165) is 6.42 Å². The van der Waals surface area contributed by atoms with Gasteiger partial charge in [0, 0.05) is 6.61 Å². The molecular formula is C21H41NO6. The van der Waals surface area contributed by atoms with Crippen LogP contribution < -0.4 is 5.73 Å². The first-order chi connectivity index (χ1) is 13.4. The molecule has 28 heavy (non-hydrogen) atoms. The van der Waals surface area contributed by atoms with Gasteiger partial charge in [0.05, 0.1) is 7.11 Å². The van der Waals surface area contributed by atoms with E-state index in [0.29, 0.717) is 6.61 Å². The van der Waals surface area contributed by atoms with Crippen LogP contribution in [0.4, 0.5) is 0 Å². The van der Waals surface area contributed by atoms with Crippen molar-refractivity contribution in [3.63, 3.8) is 0 Å². The van der Waals surface area contributed by atoms with Crippen LogP contribution in [0.1, 0.15) is 85.0 Å². The Hall–Kier alpha value is -0.280. The molecule has 0 radical (unpaired) electrons. The summed E-state index contributed by atoms with van der Waals surface area (Å²) in [4.78, 5) is 10.0. The van der Waals surface area contributed by atoms with Crippen molar-refractivity contribution >= 4 is 0 Å². The molecule has 2 heterocycles. The van der Waals surface area contributed by atoms with Gasteiger partial charge in [0.2, 0.25) is 5.79 Å². The van der Waals surface area contributed by atoms with Gasteiger partial charge in [-0.2, -0.15) is 0 Å². The fraction of sp³-hybridized carbons (Fsp3) is 1.00. The van der Waals surface area contributed by atoms with E-state index < -0.39 is 30.0 Å². The predicted octanol–water partition coefficient (Wildman–Crippen LogP) is 4.03. The van der Waals surface area contributed by atoms with Crippen molar-refractivity contribution in [1.29, 1.82) is 0 Å². The standard InChI is InChI=1S/C21H41NO6/c1-5-6-7-8-9-10-11-12-13-14-15-24-16-21-18(25-20(2,3)28-21)17(27-23-4)19(22)26-21/h17-19H,5-16,22H2,1-4H3/t17-,18-,19+,21-/m0/s1. The number of ether oxygens (including phenoxy) is 4. The summed E-state index contributed by atoms with van der Waals surface area (Å²) in [7, 11) is 1.44. The first kappa shape index (κ1) is 24.0. The third-order valence-electron chi connectivity index (χ3n) is 5.37. The molecule has 2 saturated heterocycles. The molecule has 2 fully saturated rings. The van der Waals surface area contributed by atoms with Gasteiger partial charge >= 0.3 is 0 Å². The molecule has 0 amide bonds. The zero-order chi connectivity index (χ0) is 20.5. The van der Waals surface area contributed by atoms with E-state index in [4.69, 9.17) is 34.5 Å². The smallest absolute Gasteiger partial charge is 0.226 e. The number of unbranched alkanes of at least 4 members (excludes halogenated alkanes) is 9. The van der Waals surface area contributed by atoms with Gasteiger partial charge in [0.25, 0.3) is 0 Å². The Morgan fingerprint density at radius 1 is 0.893 bits per heavy atom. The Morgan fingerprint density at radius 3 is 2.11 bits per heavy atom. The second kappa shape index (κ2) is 11.8. The maximum absolute atomic E-state index is 6.02. The molecule has 0 saturated carbocycles. The van der Waals surface area contributed by atoms with E-state index in [9.17, 15) is 0 Å². The van der Waals surface area contributed by atoms with Crippen molar-refractivity contribution in [2.45, 2.75) is 115 Å². The van der Waals surface area contributed by atoms with E-state index in [1.54, 1.807) is 0 Å². The summed E-state index contributed by atoms with van der Waals surface area (Å²) >= 11 is 0. The molecule has 0 spiro atoms. The van der Waals surface area contributed by atoms with Crippen molar-refractivity contribution in [3.05, 3.63) is 0 Å². The molecule has 7 heteroatoms. The van der Waals surface area contributed by atoms with Crippen LogP contribution in [0.5, 0.6) is 0 Å². The highest BCUT2D eigenvalue weighted by Crippen LogP contribution is 2.45. The van der Waals surface area contributed by atoms with Gasteiger partial charge in [-0.05, 0) is 20.3 Å². The lowest BCUT2D eigenvalue weighted by Crippen LogP contribution is -2.45. The van der Waals surface area contributed by atoms with Crippen molar-refractivity contribution < 1.29 is 28.7 Å². The molecule has 0 aromatic heterocycles. The van der Waals surface area contributed by atoms with E-state index in [1.807, 2.05) is 13.8 Å². The number of fused-ring (bicyclic) bond motifs is 1. The maximum atomic E-state index is 6.02. The molecule has 2 aliphatic rings. The summed E-state index contributed by atoms with van der Waals surface area (Å²) in [5, 5.41) is 0. The van der Waals surface area contributed by atoms with Crippen LogP contribution in [0.15, 0.2) is 0 Å². The largest absolute Gasteiger partial charge is 0.376 e. The minimum absolute atomic E-state index is 0.260. The monoisotopic (exact) mass is 403 g/mol. The molecule has 0 unspecified atom stereocenters. The fourth-order valence-corrected chi connectivity index (χ4v) is 4.04. The van der Waals surface area contributed by atoms with Gasteiger partial charge in [-0.1, -0.05) is 64.7 Å². The number of nitrogens with two attached hydrogens (primary N) is 1. The number of hydrogen-bond acceptors (Lipinski definition) is 7. The molecule has 2 N–H and O–H groups in total. The van der Waals surface area contributed by atoms with Gasteiger partial charge in [0.15, 0.2) is 18.0 Å². The topological polar surface area (TPSA) is 81.4 Å². The summed E-state index contributed by atoms with van der Waals surface area (Å²) in [6.07, 6.45) is 11.2. The van der Waals surface area contributed by atoms with Crippen molar-refractivity contribution in [2.24, 2.45) is 5.73 Å². The Kier molecular flexibility index (Phi) is 10.1. The SMILES string of the molecule is CCCCCCCCCCCCOC[C@@]12O[C@@H](N)[C@@H](OOC)[C@@H]1OC(C)(C)O2. The van der Waals surface area contributed by atoms with Gasteiger partial charge in [-0.15, -0.1) is 0 Å². The Bertz CT molecular complexity index is 435. The number of rotatable bonds is 15. The third kappa shape index (κ3) is 6.90. The molecule has 2 rings (SSSR count). The minimum atomic E-state index is -1.05. The van der Waals surface area contributed by atoms with Crippen LogP contribution >= 0.6 is 0 Å². The second-order valence-electron chi connectivity index (χ2n) is 8.40. The molecule has 4 atom stereocenters. The minimum Gasteiger partial charge on any atom is -0.376 e. The second-order valence-corrected chi connectivity index (χ2v) is 8.40. The normalized spacial score (nSPS) is 31.4. The summed E-state index contributed by atoms with van der Waals surface area (Å²) < 4.78 is 23.7. The van der Waals surface area contributed by atoms with Crippen LogP contribution in [0, 0.1) is 0 Å². The van der Waals surface area contributed by atoms with Crippen LogP contribution in [-0.2, 0) is 28.7 Å². The lowest BCUT2D eigenvalue weighted by Gasteiger charge is -2.27. The van der Waals surface area contributed by atoms with Gasteiger partial charge in [-0.3, -0.25) is 0 Å². The average molecular weight is 404 g/mol. The van der Waals surface area contributed by atoms with Gasteiger partial charge < -0.3 is 24.7 Å². The first-order valence-corrected chi connectivity index (χ1v) is 11.0. The summed E-state index contributed by atoms with van der Waals surface area (Å²) in [5.74, 6) is -1.84. The Morgan fingerprint density at radius 2 is 1.50 bits per heavy atom. The van der Waals surface area contributed by atoms with E-state index in [-0.39, 0.29) is 6.61 Å². The van der Waals surface area contributed by atoms with Crippen molar-refractivity contribution in [2.75, 3.05) is 20.3 Å². The Labute approximate surface area is 170 Å². The van der Waals surface area contributed by atoms with Crippen molar-refractivity contribution in [1.82, 2.24) is 0 Å². The maximum Gasteiger partial charge on any atom is 0.226 e. The van der Waals surface area contributed by atoms with Crippen LogP contribution in [-0.4, -0.2) is 50.3 Å². The Balaban J connectivity index is 1.61. The molecule has 0 aromatic rings. The van der Waals surface area contributed by atoms with E-state index >= 15 is 0 Å². The van der Waals surface area contributed by atoms with Crippen LogP contribution in [0.3, 0.4) is 0 Å². The van der Waals surface area contributed by atoms with E-state index in [1.165, 1.54) is 64.9 Å². The fourth-order valence-electron chi connectivity index (χ4n) is 4.04. The molecular weight excluding hydrogens is 362 g/mol. The van der Waals surface area contributed by atoms with Gasteiger partial charge in [0.1, 0.15) is 12.8 Å². The quantitative estimate of drug-likeness (QED) is 0.251. The highest BCUT2D eigenvalue weighted by atomic mass is 17.2. The third-order valence-corrected chi connectivity index (χ3v) is 5.37. The highest BCUT2D eigenvalue weighted by molar-refractivity contribution is 5.01. The lowest BCUT2D eigenvalue weighted by atomic mass is 10.1. The lowest BCUT2D eigenvalue weighted by molar-refractivity contribution is -0.333. The zero-order valence-corrected chi connectivity index (χ0v) is 18.2. The van der Waals surface area contributed by atoms with Crippen LogP contribution in [0.2, 0.25) is 0 Å². The van der Waals surface area contributed by atoms with E-state index in [2.05, 4.69) is 6.92 Å². The molecule has 0 aliphatic carbocycles. The summed E-state index contributed by atoms with van der Waals surface area (Å²) in [6.45, 7) is 6.87. The predicted molar refractivity (Wildman–Crippen MR) is 106 cm³/mol. The molecule has 0 bridgehead atoms. The van der Waals surface area contributed by atoms with Crippen LogP contribution in [0.25, 0.3) is 0 Å². The average Bonchev–Trinajstić information content (AvgIpc) is 3.03. The van der Waals surface area contributed by atoms with Gasteiger partial charge in [-0.25, -0.2) is 9.78 Å². The summed E-state index contributed by atoms with van der Waals surface area (Å²) in [6, 6.07) is 0. The molecule has 166 valence electrons. The molecule has 7 nitrogen and oxygen atoms in total.